The van der Waals surface area contributed by atoms with E-state index in [0.717, 1.165) is 45.1 Å². The molecule has 232 valence electrons. The topological polar surface area (TPSA) is 18.5 Å². The Morgan fingerprint density at radius 3 is 2.07 bits per heavy atom. The van der Waals surface area contributed by atoms with Crippen LogP contribution in [0.2, 0.25) is 0 Å². The maximum atomic E-state index is 6.54. The van der Waals surface area contributed by atoms with E-state index in [4.69, 9.17) is 9.47 Å². The van der Waals surface area contributed by atoms with E-state index >= 15 is 0 Å². The molecule has 1 fully saturated rings. The van der Waals surface area contributed by atoms with Crippen molar-refractivity contribution in [2.45, 2.75) is 123 Å². The third-order valence-corrected chi connectivity index (χ3v) is 11.1. The molecule has 43 heavy (non-hydrogen) atoms. The fraction of sp³-hybridized carbons (Fsp3) is 0.500. The van der Waals surface area contributed by atoms with Crippen LogP contribution in [0.3, 0.4) is 0 Å². The SMILES string of the molecule is CCCCCCCCCCC(/C=C(\C)CCCc1ccccc1P(c1ccccc1)c1ccccc1)OC1CCCCO1. The summed E-state index contributed by atoms with van der Waals surface area (Å²) in [5.74, 6) is 0. The Bertz CT molecular complexity index is 1130. The molecule has 2 nitrogen and oxygen atoms in total. The first-order chi connectivity index (χ1) is 21.2. The minimum absolute atomic E-state index is 0.0288. The summed E-state index contributed by atoms with van der Waals surface area (Å²) in [7, 11) is -0.586. The first-order valence-electron chi connectivity index (χ1n) is 17.2. The molecule has 4 rings (SSSR count). The second-order valence-electron chi connectivity index (χ2n) is 12.2. The van der Waals surface area contributed by atoms with Crippen LogP contribution >= 0.6 is 7.92 Å². The second-order valence-corrected chi connectivity index (χ2v) is 14.4. The third-order valence-electron chi connectivity index (χ3n) is 8.56. The first kappa shape index (κ1) is 33.6. The molecular weight excluding hydrogens is 543 g/mol. The van der Waals surface area contributed by atoms with E-state index in [-0.39, 0.29) is 12.4 Å². The molecule has 1 aliphatic heterocycles. The Morgan fingerprint density at radius 2 is 1.42 bits per heavy atom. The monoisotopic (exact) mass is 598 g/mol. The molecule has 3 aromatic rings. The predicted molar refractivity (Wildman–Crippen MR) is 188 cm³/mol. The molecule has 0 bridgehead atoms. The zero-order valence-electron chi connectivity index (χ0n) is 26.9. The highest BCUT2D eigenvalue weighted by molar-refractivity contribution is 7.79. The zero-order chi connectivity index (χ0) is 30.0. The molecule has 3 heteroatoms. The number of unbranched alkanes of at least 4 members (excludes halogenated alkanes) is 7. The number of benzene rings is 3. The minimum Gasteiger partial charge on any atom is -0.353 e. The summed E-state index contributed by atoms with van der Waals surface area (Å²) in [6.07, 6.45) is 21.2. The zero-order valence-corrected chi connectivity index (χ0v) is 27.8. The van der Waals surface area contributed by atoms with Gasteiger partial charge in [-0.2, -0.15) is 0 Å². The van der Waals surface area contributed by atoms with Crippen LogP contribution in [0, 0.1) is 0 Å². The first-order valence-corrected chi connectivity index (χ1v) is 18.5. The van der Waals surface area contributed by atoms with Crippen LogP contribution in [-0.2, 0) is 15.9 Å². The van der Waals surface area contributed by atoms with Gasteiger partial charge in [0.2, 0.25) is 0 Å². The van der Waals surface area contributed by atoms with Gasteiger partial charge in [-0.1, -0.05) is 155 Å². The number of allylic oxidation sites excluding steroid dienone is 1. The maximum Gasteiger partial charge on any atom is 0.158 e. The highest BCUT2D eigenvalue weighted by atomic mass is 31.1. The summed E-state index contributed by atoms with van der Waals surface area (Å²) in [4.78, 5) is 0. The van der Waals surface area contributed by atoms with Crippen LogP contribution in [0.25, 0.3) is 0 Å². The Hall–Kier alpha value is -2.25. The van der Waals surface area contributed by atoms with Gasteiger partial charge in [0.25, 0.3) is 0 Å². The fourth-order valence-corrected chi connectivity index (χ4v) is 8.67. The largest absolute Gasteiger partial charge is 0.353 e. The predicted octanol–water partition coefficient (Wildman–Crippen LogP) is 10.2. The van der Waals surface area contributed by atoms with Gasteiger partial charge in [0.15, 0.2) is 6.29 Å². The smallest absolute Gasteiger partial charge is 0.158 e. The molecule has 2 atom stereocenters. The molecule has 0 saturated carbocycles. The highest BCUT2D eigenvalue weighted by Gasteiger charge is 2.20. The van der Waals surface area contributed by atoms with Crippen LogP contribution < -0.4 is 15.9 Å². The van der Waals surface area contributed by atoms with E-state index in [1.54, 1.807) is 0 Å². The van der Waals surface area contributed by atoms with E-state index in [2.05, 4.69) is 105 Å². The number of hydrogen-bond donors (Lipinski definition) is 0. The van der Waals surface area contributed by atoms with Crippen molar-refractivity contribution >= 4 is 23.8 Å². The summed E-state index contributed by atoms with van der Waals surface area (Å²) < 4.78 is 12.5. The van der Waals surface area contributed by atoms with Gasteiger partial charge in [-0.15, -0.1) is 0 Å². The Labute approximate surface area is 264 Å². The van der Waals surface area contributed by atoms with Gasteiger partial charge in [0.1, 0.15) is 0 Å². The quantitative estimate of drug-likeness (QED) is 0.0777. The van der Waals surface area contributed by atoms with Gasteiger partial charge >= 0.3 is 0 Å². The molecule has 1 aliphatic rings. The van der Waals surface area contributed by atoms with Crippen LogP contribution in [0.4, 0.5) is 0 Å². The third kappa shape index (κ3) is 12.0. The molecule has 2 unspecified atom stereocenters. The Balaban J connectivity index is 1.36. The Morgan fingerprint density at radius 1 is 0.791 bits per heavy atom. The van der Waals surface area contributed by atoms with Crippen LogP contribution in [0.15, 0.2) is 96.6 Å². The van der Waals surface area contributed by atoms with Gasteiger partial charge in [-0.25, -0.2) is 0 Å². The van der Waals surface area contributed by atoms with E-state index < -0.39 is 7.92 Å². The average molecular weight is 599 g/mol. The summed E-state index contributed by atoms with van der Waals surface area (Å²) in [6.45, 7) is 5.43. The van der Waals surface area contributed by atoms with Gasteiger partial charge in [-0.3, -0.25) is 0 Å². The lowest BCUT2D eigenvalue weighted by Gasteiger charge is -2.27. The van der Waals surface area contributed by atoms with Crippen LogP contribution in [0.5, 0.6) is 0 Å². The van der Waals surface area contributed by atoms with Gasteiger partial charge in [-0.05, 0) is 81.3 Å². The lowest BCUT2D eigenvalue weighted by atomic mass is 10.0. The molecule has 0 N–H and O–H groups in total. The number of aryl methyl sites for hydroxylation is 1. The van der Waals surface area contributed by atoms with E-state index in [0.29, 0.717) is 0 Å². The summed E-state index contributed by atoms with van der Waals surface area (Å²) >= 11 is 0. The van der Waals surface area contributed by atoms with Crippen molar-refractivity contribution in [2.75, 3.05) is 6.61 Å². The Kier molecular flexibility index (Phi) is 15.6. The van der Waals surface area contributed by atoms with Crippen LogP contribution in [0.1, 0.15) is 109 Å². The average Bonchev–Trinajstić information content (AvgIpc) is 3.04. The van der Waals surface area contributed by atoms with E-state index in [9.17, 15) is 0 Å². The molecule has 0 aromatic heterocycles. The van der Waals surface area contributed by atoms with Gasteiger partial charge < -0.3 is 9.47 Å². The molecular formula is C40H55O2P. The molecule has 3 aromatic carbocycles. The molecule has 1 saturated heterocycles. The van der Waals surface area contributed by atoms with Crippen molar-refractivity contribution in [1.29, 1.82) is 0 Å². The van der Waals surface area contributed by atoms with Gasteiger partial charge in [0.05, 0.1) is 6.10 Å². The lowest BCUT2D eigenvalue weighted by Crippen LogP contribution is -2.27. The van der Waals surface area contributed by atoms with Crippen molar-refractivity contribution in [3.8, 4) is 0 Å². The van der Waals surface area contributed by atoms with Crippen molar-refractivity contribution in [2.24, 2.45) is 0 Å². The van der Waals surface area contributed by atoms with Crippen LogP contribution in [-0.4, -0.2) is 19.0 Å². The number of hydrogen-bond acceptors (Lipinski definition) is 2. The van der Waals surface area contributed by atoms with Gasteiger partial charge in [0, 0.05) is 6.61 Å². The normalized spacial score (nSPS) is 16.4. The molecule has 0 radical (unpaired) electrons. The second kappa shape index (κ2) is 19.9. The minimum atomic E-state index is -0.586. The van der Waals surface area contributed by atoms with E-state index in [1.807, 2.05) is 0 Å². The standard InChI is InChI=1S/C40H55O2P/c1-3-4-5-6-7-8-9-12-25-36(42-40-31-19-20-32-41-40)33-34(2)22-21-24-35-23-17-18-30-39(35)43(37-26-13-10-14-27-37)38-28-15-11-16-29-38/h10-11,13-18,23,26-30,33,36,40H,3-9,12,19-22,24-25,31-32H2,1-2H3/b34-33+. The van der Waals surface area contributed by atoms with Crippen molar-refractivity contribution in [3.05, 3.63) is 102 Å². The maximum absolute atomic E-state index is 6.54. The highest BCUT2D eigenvalue weighted by Crippen LogP contribution is 2.34. The van der Waals surface area contributed by atoms with E-state index in [1.165, 1.54) is 84.8 Å². The fourth-order valence-electron chi connectivity index (χ4n) is 6.16. The summed E-state index contributed by atoms with van der Waals surface area (Å²) in [6, 6.07) is 31.3. The molecule has 0 spiro atoms. The molecule has 0 aliphatic carbocycles. The van der Waals surface area contributed by atoms with Crippen molar-refractivity contribution in [3.63, 3.8) is 0 Å². The molecule has 0 amide bonds. The number of ether oxygens (including phenoxy) is 2. The van der Waals surface area contributed by atoms with Crippen molar-refractivity contribution < 1.29 is 9.47 Å². The molecule has 1 heterocycles. The van der Waals surface area contributed by atoms with Crippen molar-refractivity contribution in [1.82, 2.24) is 0 Å². The lowest BCUT2D eigenvalue weighted by molar-refractivity contribution is -0.179. The number of rotatable bonds is 19. The summed E-state index contributed by atoms with van der Waals surface area (Å²) in [5, 5.41) is 4.32. The summed E-state index contributed by atoms with van der Waals surface area (Å²) in [5.41, 5.74) is 2.93.